The van der Waals surface area contributed by atoms with Gasteiger partial charge in [0.1, 0.15) is 5.82 Å². The molecule has 1 aromatic heterocycles. The standard InChI is InChI=1S/C20H27N3O6S/c1-13-11-17(23(22-13)15-9-10-30(25,26)12-15)21-18(24)8-6-14-5-7-16(27-2)20(29-4)19(14)28-3/h5,7,11,15H,6,8-10,12H2,1-4H3,(H,21,24). The van der Waals surface area contributed by atoms with Crippen molar-refractivity contribution in [2.45, 2.75) is 32.2 Å². The first-order valence-electron chi connectivity index (χ1n) is 9.62. The first-order chi connectivity index (χ1) is 14.3. The number of nitrogens with one attached hydrogen (secondary N) is 1. The van der Waals surface area contributed by atoms with Gasteiger partial charge in [0, 0.05) is 12.5 Å². The van der Waals surface area contributed by atoms with Crippen LogP contribution in [0.2, 0.25) is 0 Å². The second-order valence-corrected chi connectivity index (χ2v) is 9.44. The van der Waals surface area contributed by atoms with Crippen molar-refractivity contribution >= 4 is 21.6 Å². The second-order valence-electron chi connectivity index (χ2n) is 7.21. The van der Waals surface area contributed by atoms with E-state index in [1.807, 2.05) is 13.0 Å². The number of nitrogens with zero attached hydrogens (tertiary/aromatic N) is 2. The molecule has 1 saturated heterocycles. The molecule has 1 fully saturated rings. The Hall–Kier alpha value is -2.75. The van der Waals surface area contributed by atoms with E-state index in [2.05, 4.69) is 10.4 Å². The molecular formula is C20H27N3O6S. The van der Waals surface area contributed by atoms with E-state index in [9.17, 15) is 13.2 Å². The smallest absolute Gasteiger partial charge is 0.225 e. The van der Waals surface area contributed by atoms with Gasteiger partial charge in [-0.05, 0) is 31.4 Å². The topological polar surface area (TPSA) is 109 Å². The van der Waals surface area contributed by atoms with Gasteiger partial charge in [0.15, 0.2) is 21.3 Å². The van der Waals surface area contributed by atoms with Crippen molar-refractivity contribution in [2.24, 2.45) is 0 Å². The van der Waals surface area contributed by atoms with Gasteiger partial charge in [-0.15, -0.1) is 0 Å². The molecule has 0 radical (unpaired) electrons. The van der Waals surface area contributed by atoms with Crippen molar-refractivity contribution in [1.29, 1.82) is 0 Å². The summed E-state index contributed by atoms with van der Waals surface area (Å²) in [6.45, 7) is 1.81. The van der Waals surface area contributed by atoms with Crippen LogP contribution in [-0.4, -0.2) is 56.9 Å². The van der Waals surface area contributed by atoms with Gasteiger partial charge in [0.2, 0.25) is 11.7 Å². The summed E-state index contributed by atoms with van der Waals surface area (Å²) < 4.78 is 41.4. The molecule has 0 bridgehead atoms. The first kappa shape index (κ1) is 21.9. The molecule has 1 unspecified atom stereocenters. The molecule has 1 amide bonds. The lowest BCUT2D eigenvalue weighted by atomic mass is 10.1. The highest BCUT2D eigenvalue weighted by Crippen LogP contribution is 2.40. The Bertz CT molecular complexity index is 1030. The average Bonchev–Trinajstić information content (AvgIpc) is 3.26. The molecule has 0 aliphatic carbocycles. The number of hydrogen-bond donors (Lipinski definition) is 1. The fourth-order valence-corrected chi connectivity index (χ4v) is 5.36. The predicted molar refractivity (Wildman–Crippen MR) is 112 cm³/mol. The van der Waals surface area contributed by atoms with Crippen LogP contribution in [0.4, 0.5) is 5.82 Å². The molecule has 1 aromatic carbocycles. The summed E-state index contributed by atoms with van der Waals surface area (Å²) in [5.41, 5.74) is 1.54. The van der Waals surface area contributed by atoms with Crippen molar-refractivity contribution < 1.29 is 27.4 Å². The number of aromatic nitrogens is 2. The van der Waals surface area contributed by atoms with Crippen LogP contribution in [0.15, 0.2) is 18.2 Å². The highest BCUT2D eigenvalue weighted by molar-refractivity contribution is 7.91. The molecule has 10 heteroatoms. The van der Waals surface area contributed by atoms with Gasteiger partial charge in [-0.3, -0.25) is 4.79 Å². The van der Waals surface area contributed by atoms with E-state index in [0.29, 0.717) is 35.9 Å². The van der Waals surface area contributed by atoms with Crippen LogP contribution in [0.1, 0.15) is 30.1 Å². The lowest BCUT2D eigenvalue weighted by Gasteiger charge is -2.16. The van der Waals surface area contributed by atoms with Gasteiger partial charge in [0.25, 0.3) is 0 Å². The minimum atomic E-state index is -3.06. The number of carbonyl (C=O) groups is 1. The molecule has 3 rings (SSSR count). The van der Waals surface area contributed by atoms with Crippen LogP contribution < -0.4 is 19.5 Å². The number of anilines is 1. The molecule has 1 N–H and O–H groups in total. The summed E-state index contributed by atoms with van der Waals surface area (Å²) in [7, 11) is 1.56. The number of ether oxygens (including phenoxy) is 3. The normalized spacial score (nSPS) is 17.5. The predicted octanol–water partition coefficient (Wildman–Crippen LogP) is 2.15. The minimum absolute atomic E-state index is 0.0415. The second kappa shape index (κ2) is 8.95. The SMILES string of the molecule is COc1ccc(CCC(=O)Nc2cc(C)nn2C2CCS(=O)(=O)C2)c(OC)c1OC. The number of methoxy groups -OCH3 is 3. The van der Waals surface area contributed by atoms with Gasteiger partial charge in [-0.25, -0.2) is 13.1 Å². The summed E-state index contributed by atoms with van der Waals surface area (Å²) >= 11 is 0. The first-order valence-corrected chi connectivity index (χ1v) is 11.4. The molecule has 1 aliphatic rings. The van der Waals surface area contributed by atoms with Crippen LogP contribution in [0.25, 0.3) is 0 Å². The zero-order chi connectivity index (χ0) is 21.9. The number of sulfone groups is 1. The van der Waals surface area contributed by atoms with Gasteiger partial charge >= 0.3 is 0 Å². The largest absolute Gasteiger partial charge is 0.493 e. The highest BCUT2D eigenvalue weighted by atomic mass is 32.2. The number of amides is 1. The van der Waals surface area contributed by atoms with Crippen LogP contribution in [-0.2, 0) is 21.1 Å². The van der Waals surface area contributed by atoms with E-state index in [1.54, 1.807) is 23.9 Å². The van der Waals surface area contributed by atoms with Crippen molar-refractivity contribution in [3.05, 3.63) is 29.5 Å². The molecule has 164 valence electrons. The van der Waals surface area contributed by atoms with E-state index in [-0.39, 0.29) is 29.9 Å². The third-order valence-electron chi connectivity index (χ3n) is 5.09. The van der Waals surface area contributed by atoms with Crippen LogP contribution in [0.5, 0.6) is 17.2 Å². The van der Waals surface area contributed by atoms with E-state index in [0.717, 1.165) is 11.3 Å². The van der Waals surface area contributed by atoms with Gasteiger partial charge in [-0.1, -0.05) is 6.07 Å². The maximum Gasteiger partial charge on any atom is 0.225 e. The minimum Gasteiger partial charge on any atom is -0.493 e. The number of hydrogen-bond acceptors (Lipinski definition) is 7. The fraction of sp³-hybridized carbons (Fsp3) is 0.500. The molecule has 9 nitrogen and oxygen atoms in total. The number of benzene rings is 1. The summed E-state index contributed by atoms with van der Waals surface area (Å²) in [4.78, 5) is 12.6. The van der Waals surface area contributed by atoms with Gasteiger partial charge in [-0.2, -0.15) is 5.10 Å². The summed E-state index contributed by atoms with van der Waals surface area (Å²) in [5, 5.41) is 7.25. The molecule has 1 atom stereocenters. The van der Waals surface area contributed by atoms with E-state index in [4.69, 9.17) is 14.2 Å². The van der Waals surface area contributed by atoms with Crippen LogP contribution >= 0.6 is 0 Å². The Balaban J connectivity index is 1.71. The molecule has 2 heterocycles. The molecule has 0 spiro atoms. The molecule has 2 aromatic rings. The summed E-state index contributed by atoms with van der Waals surface area (Å²) in [6.07, 6.45) is 1.13. The third kappa shape index (κ3) is 4.69. The monoisotopic (exact) mass is 437 g/mol. The van der Waals surface area contributed by atoms with E-state index >= 15 is 0 Å². The van der Waals surface area contributed by atoms with Crippen molar-refractivity contribution in [1.82, 2.24) is 9.78 Å². The zero-order valence-corrected chi connectivity index (χ0v) is 18.4. The number of aryl methyl sites for hydroxylation is 2. The highest BCUT2D eigenvalue weighted by Gasteiger charge is 2.31. The van der Waals surface area contributed by atoms with Crippen LogP contribution in [0.3, 0.4) is 0 Å². The summed E-state index contributed by atoms with van der Waals surface area (Å²) in [6, 6.07) is 5.10. The maximum atomic E-state index is 12.6. The average molecular weight is 438 g/mol. The molecular weight excluding hydrogens is 410 g/mol. The number of rotatable bonds is 8. The Morgan fingerprint density at radius 2 is 1.93 bits per heavy atom. The maximum absolute atomic E-state index is 12.6. The van der Waals surface area contributed by atoms with E-state index < -0.39 is 9.84 Å². The van der Waals surface area contributed by atoms with Crippen molar-refractivity contribution in [2.75, 3.05) is 38.2 Å². The quantitative estimate of drug-likeness (QED) is 0.674. The Labute approximate surface area is 176 Å². The molecule has 30 heavy (non-hydrogen) atoms. The third-order valence-corrected chi connectivity index (χ3v) is 6.84. The van der Waals surface area contributed by atoms with Gasteiger partial charge in [0.05, 0.1) is 44.6 Å². The number of carbonyl (C=O) groups excluding carboxylic acids is 1. The lowest BCUT2D eigenvalue weighted by Crippen LogP contribution is -2.19. The van der Waals surface area contributed by atoms with Crippen molar-refractivity contribution in [3.8, 4) is 17.2 Å². The molecule has 0 saturated carbocycles. The fourth-order valence-electron chi connectivity index (χ4n) is 3.67. The lowest BCUT2D eigenvalue weighted by molar-refractivity contribution is -0.116. The van der Waals surface area contributed by atoms with E-state index in [1.165, 1.54) is 14.2 Å². The van der Waals surface area contributed by atoms with Crippen molar-refractivity contribution in [3.63, 3.8) is 0 Å². The Morgan fingerprint density at radius 3 is 2.53 bits per heavy atom. The van der Waals surface area contributed by atoms with Crippen LogP contribution in [0, 0.1) is 6.92 Å². The van der Waals surface area contributed by atoms with Gasteiger partial charge < -0.3 is 19.5 Å². The zero-order valence-electron chi connectivity index (χ0n) is 17.6. The molecule has 1 aliphatic heterocycles. The summed E-state index contributed by atoms with van der Waals surface area (Å²) in [5.74, 6) is 2.06. The Kier molecular flexibility index (Phi) is 6.55. The Morgan fingerprint density at radius 1 is 1.20 bits per heavy atom.